The molecule has 0 spiro atoms. The summed E-state index contributed by atoms with van der Waals surface area (Å²) in [5.74, 6) is 1.41. The molecular weight excluding hydrogens is 369 g/mol. The van der Waals surface area contributed by atoms with Gasteiger partial charge in [-0.15, -0.1) is 0 Å². The highest BCUT2D eigenvalue weighted by Crippen LogP contribution is 2.50. The van der Waals surface area contributed by atoms with Gasteiger partial charge in [0.25, 0.3) is 0 Å². The maximum absolute atomic E-state index is 13.2. The van der Waals surface area contributed by atoms with Crippen molar-refractivity contribution in [1.29, 1.82) is 0 Å². The zero-order valence-corrected chi connectivity index (χ0v) is 15.9. The monoisotopic (exact) mass is 392 g/mol. The Morgan fingerprint density at radius 1 is 0.929 bits per heavy atom. The molecule has 1 aliphatic heterocycles. The van der Waals surface area contributed by atoms with Crippen molar-refractivity contribution in [2.75, 3.05) is 14.2 Å². The third kappa shape index (κ3) is 3.34. The lowest BCUT2D eigenvalue weighted by Gasteiger charge is -2.41. The van der Waals surface area contributed by atoms with Crippen LogP contribution >= 0.6 is 0 Å². The fraction of sp³-hybridized carbons (Fsp3) is 0.455. The highest BCUT2D eigenvalue weighted by atomic mass is 19.4. The predicted molar refractivity (Wildman–Crippen MR) is 98.9 cm³/mol. The molecule has 0 bridgehead atoms. The number of fused-ring (bicyclic) bond motifs is 3. The number of benzene rings is 2. The Balaban J connectivity index is 1.85. The highest BCUT2D eigenvalue weighted by Gasteiger charge is 2.39. The van der Waals surface area contributed by atoms with Gasteiger partial charge in [-0.05, 0) is 53.8 Å². The van der Waals surface area contributed by atoms with Crippen LogP contribution in [0, 0.1) is 0 Å². The smallest absolute Gasteiger partial charge is 0.416 e. The summed E-state index contributed by atoms with van der Waals surface area (Å²) in [7, 11) is 3.14. The first kappa shape index (κ1) is 19.1. The Kier molecular flexibility index (Phi) is 5.00. The first-order valence-electron chi connectivity index (χ1n) is 9.51. The van der Waals surface area contributed by atoms with Gasteiger partial charge in [0.05, 0.1) is 25.9 Å². The van der Waals surface area contributed by atoms with Crippen LogP contribution in [0.4, 0.5) is 13.2 Å². The molecule has 3 unspecified atom stereocenters. The normalized spacial score (nSPS) is 24.2. The summed E-state index contributed by atoms with van der Waals surface area (Å²) in [6.45, 7) is 0. The number of rotatable bonds is 3. The van der Waals surface area contributed by atoms with E-state index < -0.39 is 17.8 Å². The lowest BCUT2D eigenvalue weighted by atomic mass is 9.75. The van der Waals surface area contributed by atoms with Gasteiger partial charge in [-0.3, -0.25) is 0 Å². The molecule has 0 N–H and O–H groups in total. The second kappa shape index (κ2) is 7.32. The largest absolute Gasteiger partial charge is 0.493 e. The molecule has 0 amide bonds. The first-order valence-corrected chi connectivity index (χ1v) is 9.51. The van der Waals surface area contributed by atoms with E-state index in [1.807, 2.05) is 12.1 Å². The Hall–Kier alpha value is -2.21. The first-order chi connectivity index (χ1) is 13.4. The molecule has 28 heavy (non-hydrogen) atoms. The summed E-state index contributed by atoms with van der Waals surface area (Å²) in [5.41, 5.74) is 1.80. The van der Waals surface area contributed by atoms with Crippen molar-refractivity contribution in [2.45, 2.75) is 50.0 Å². The third-order valence-corrected chi connectivity index (χ3v) is 5.80. The molecule has 0 saturated heterocycles. The molecule has 150 valence electrons. The molecule has 1 fully saturated rings. The van der Waals surface area contributed by atoms with Crippen LogP contribution in [0.5, 0.6) is 11.5 Å². The molecule has 0 radical (unpaired) electrons. The van der Waals surface area contributed by atoms with Crippen molar-refractivity contribution in [1.82, 2.24) is 0 Å². The minimum absolute atomic E-state index is 0.00102. The molecular formula is C22H23F3O3. The fourth-order valence-corrected chi connectivity index (χ4v) is 4.46. The molecule has 3 nitrogen and oxygen atoms in total. The van der Waals surface area contributed by atoms with Gasteiger partial charge in [0.15, 0.2) is 11.5 Å². The third-order valence-electron chi connectivity index (χ3n) is 5.80. The van der Waals surface area contributed by atoms with Gasteiger partial charge in [0.2, 0.25) is 0 Å². The van der Waals surface area contributed by atoms with E-state index in [-0.39, 0.29) is 12.0 Å². The van der Waals surface area contributed by atoms with Crippen LogP contribution in [0.1, 0.15) is 60.0 Å². The minimum atomic E-state index is -4.39. The van der Waals surface area contributed by atoms with E-state index >= 15 is 0 Å². The summed E-state index contributed by atoms with van der Waals surface area (Å²) in [5, 5.41) is 0. The number of methoxy groups -OCH3 is 2. The molecule has 6 heteroatoms. The second-order valence-corrected chi connectivity index (χ2v) is 7.40. The molecule has 0 aromatic heterocycles. The van der Waals surface area contributed by atoms with Gasteiger partial charge in [0.1, 0.15) is 6.10 Å². The molecule has 3 atom stereocenters. The SMILES string of the molecule is COc1cc2c(cc1OC)C1CCCCC1OC2c1cccc(C(F)(F)F)c1. The molecule has 1 aliphatic carbocycles. The lowest BCUT2D eigenvalue weighted by molar-refractivity contribution is -0.137. The topological polar surface area (TPSA) is 27.7 Å². The van der Waals surface area contributed by atoms with E-state index in [0.29, 0.717) is 17.1 Å². The Morgan fingerprint density at radius 2 is 1.61 bits per heavy atom. The molecule has 2 aromatic carbocycles. The van der Waals surface area contributed by atoms with E-state index in [1.165, 1.54) is 12.1 Å². The summed E-state index contributed by atoms with van der Waals surface area (Å²) in [4.78, 5) is 0. The highest BCUT2D eigenvalue weighted by molar-refractivity contribution is 5.52. The van der Waals surface area contributed by atoms with Crippen molar-refractivity contribution in [3.05, 3.63) is 58.7 Å². The van der Waals surface area contributed by atoms with Gasteiger partial charge in [-0.25, -0.2) is 0 Å². The molecule has 1 heterocycles. The molecule has 2 aromatic rings. The number of hydrogen-bond acceptors (Lipinski definition) is 3. The summed E-state index contributed by atoms with van der Waals surface area (Å²) in [6.07, 6.45) is -0.851. The lowest BCUT2D eigenvalue weighted by Crippen LogP contribution is -2.34. The van der Waals surface area contributed by atoms with Crippen molar-refractivity contribution in [3.8, 4) is 11.5 Å². The van der Waals surface area contributed by atoms with Gasteiger partial charge in [-0.1, -0.05) is 25.0 Å². The van der Waals surface area contributed by atoms with E-state index in [0.717, 1.165) is 42.9 Å². The van der Waals surface area contributed by atoms with E-state index in [1.54, 1.807) is 20.3 Å². The van der Waals surface area contributed by atoms with Crippen molar-refractivity contribution < 1.29 is 27.4 Å². The van der Waals surface area contributed by atoms with Gasteiger partial charge >= 0.3 is 6.18 Å². The number of hydrogen-bond donors (Lipinski definition) is 0. The Labute approximate surface area is 162 Å². The summed E-state index contributed by atoms with van der Waals surface area (Å²) < 4.78 is 57.0. The molecule has 4 rings (SSSR count). The van der Waals surface area contributed by atoms with Gasteiger partial charge < -0.3 is 14.2 Å². The molecule has 1 saturated carbocycles. The van der Waals surface area contributed by atoms with Crippen molar-refractivity contribution in [2.24, 2.45) is 0 Å². The predicted octanol–water partition coefficient (Wildman–Crippen LogP) is 5.87. The zero-order chi connectivity index (χ0) is 19.9. The second-order valence-electron chi connectivity index (χ2n) is 7.40. The van der Waals surface area contributed by atoms with Crippen molar-refractivity contribution in [3.63, 3.8) is 0 Å². The number of ether oxygens (including phenoxy) is 3. The summed E-state index contributed by atoms with van der Waals surface area (Å²) >= 11 is 0. The number of alkyl halides is 3. The average Bonchev–Trinajstić information content (AvgIpc) is 2.71. The van der Waals surface area contributed by atoms with Crippen molar-refractivity contribution >= 4 is 0 Å². The molecule has 2 aliphatic rings. The zero-order valence-electron chi connectivity index (χ0n) is 15.9. The van der Waals surface area contributed by atoms with Crippen LogP contribution in [-0.4, -0.2) is 20.3 Å². The van der Waals surface area contributed by atoms with E-state index in [9.17, 15) is 13.2 Å². The Bertz CT molecular complexity index is 863. The van der Waals surface area contributed by atoms with Crippen LogP contribution in [0.3, 0.4) is 0 Å². The summed E-state index contributed by atoms with van der Waals surface area (Å²) in [6, 6.07) is 9.24. The number of halogens is 3. The fourth-order valence-electron chi connectivity index (χ4n) is 4.46. The quantitative estimate of drug-likeness (QED) is 0.654. The minimum Gasteiger partial charge on any atom is -0.493 e. The standard InChI is InChI=1S/C22H23F3O3/c1-26-19-11-16-15-8-3-4-9-18(15)28-21(17(16)12-20(19)27-2)13-6-5-7-14(10-13)22(23,24)25/h5-7,10-12,15,18,21H,3-4,8-9H2,1-2H3. The van der Waals surface area contributed by atoms with E-state index in [4.69, 9.17) is 14.2 Å². The van der Waals surface area contributed by atoms with E-state index in [2.05, 4.69) is 0 Å². The van der Waals surface area contributed by atoms with Crippen LogP contribution in [0.15, 0.2) is 36.4 Å². The van der Waals surface area contributed by atoms with Crippen LogP contribution < -0.4 is 9.47 Å². The average molecular weight is 392 g/mol. The maximum Gasteiger partial charge on any atom is 0.416 e. The van der Waals surface area contributed by atoms with Crippen LogP contribution in [0.25, 0.3) is 0 Å². The van der Waals surface area contributed by atoms with Crippen LogP contribution in [-0.2, 0) is 10.9 Å². The van der Waals surface area contributed by atoms with Crippen LogP contribution in [0.2, 0.25) is 0 Å². The maximum atomic E-state index is 13.2. The Morgan fingerprint density at radius 3 is 2.29 bits per heavy atom. The van der Waals surface area contributed by atoms with Gasteiger partial charge in [-0.2, -0.15) is 13.2 Å². The van der Waals surface area contributed by atoms with Gasteiger partial charge in [0, 0.05) is 5.92 Å².